The summed E-state index contributed by atoms with van der Waals surface area (Å²) in [5.41, 5.74) is 0.368. The lowest BCUT2D eigenvalue weighted by atomic mass is 10.2. The number of halogens is 1. The summed E-state index contributed by atoms with van der Waals surface area (Å²) in [6.45, 7) is 1.53. The van der Waals surface area contributed by atoms with Crippen molar-refractivity contribution in [1.82, 2.24) is 20.0 Å². The minimum absolute atomic E-state index is 0.0416. The summed E-state index contributed by atoms with van der Waals surface area (Å²) in [6.07, 6.45) is 5.22. The first kappa shape index (κ1) is 20.7. The van der Waals surface area contributed by atoms with E-state index in [0.717, 1.165) is 29.9 Å². The molecule has 3 heterocycles. The fraction of sp³-hybridized carbons (Fsp3) is 0.300. The molecule has 0 amide bonds. The molecule has 1 aromatic carbocycles. The molecule has 0 aliphatic carbocycles. The maximum atomic E-state index is 12.8. The van der Waals surface area contributed by atoms with Gasteiger partial charge in [-0.2, -0.15) is 14.9 Å². The standard InChI is InChI=1S/C20H20ClN7O3/c1-25(13-16-4-3-11-26(16)18-5-2-10-22-24-18)17-12-23-27(20(29)19(17)21)14-6-8-15(9-7-14)28(30)31/h2,5-10,12,16H,3-4,11,13H2,1H3. The van der Waals surface area contributed by atoms with Crippen LogP contribution in [-0.4, -0.2) is 51.1 Å². The van der Waals surface area contributed by atoms with Crippen LogP contribution in [0, 0.1) is 10.1 Å². The Balaban J connectivity index is 1.55. The van der Waals surface area contributed by atoms with E-state index in [4.69, 9.17) is 11.6 Å². The number of likely N-dealkylation sites (N-methyl/N-ethyl adjacent to an activating group) is 1. The molecule has 0 spiro atoms. The Bertz CT molecular complexity index is 1140. The number of aromatic nitrogens is 4. The summed E-state index contributed by atoms with van der Waals surface area (Å²) in [7, 11) is 1.87. The number of hydrogen-bond donors (Lipinski definition) is 0. The second-order valence-electron chi connectivity index (χ2n) is 7.29. The summed E-state index contributed by atoms with van der Waals surface area (Å²) in [5.74, 6) is 0.830. The van der Waals surface area contributed by atoms with Crippen molar-refractivity contribution in [3.8, 4) is 5.69 Å². The second-order valence-corrected chi connectivity index (χ2v) is 7.66. The van der Waals surface area contributed by atoms with Crippen LogP contribution in [0.25, 0.3) is 5.69 Å². The van der Waals surface area contributed by atoms with E-state index in [1.807, 2.05) is 24.1 Å². The fourth-order valence-corrected chi connectivity index (χ4v) is 4.05. The monoisotopic (exact) mass is 441 g/mol. The van der Waals surface area contributed by atoms with Crippen molar-refractivity contribution < 1.29 is 4.92 Å². The third-order valence-electron chi connectivity index (χ3n) is 5.33. The largest absolute Gasteiger partial charge is 0.370 e. The number of anilines is 2. The Morgan fingerprint density at radius 1 is 1.29 bits per heavy atom. The minimum Gasteiger partial charge on any atom is -0.370 e. The predicted molar refractivity (Wildman–Crippen MR) is 117 cm³/mol. The Hall–Kier alpha value is -3.53. The molecule has 1 aliphatic heterocycles. The molecule has 160 valence electrons. The molecular formula is C20H20ClN7O3. The van der Waals surface area contributed by atoms with Crippen LogP contribution < -0.4 is 15.4 Å². The van der Waals surface area contributed by atoms with E-state index < -0.39 is 10.5 Å². The van der Waals surface area contributed by atoms with Crippen molar-refractivity contribution in [2.45, 2.75) is 18.9 Å². The normalized spacial score (nSPS) is 15.8. The van der Waals surface area contributed by atoms with Crippen LogP contribution in [0.3, 0.4) is 0 Å². The van der Waals surface area contributed by atoms with Crippen LogP contribution in [0.1, 0.15) is 12.8 Å². The highest BCUT2D eigenvalue weighted by atomic mass is 35.5. The Morgan fingerprint density at radius 2 is 2.06 bits per heavy atom. The number of rotatable bonds is 6. The number of non-ortho nitro benzene ring substituents is 1. The molecule has 0 radical (unpaired) electrons. The highest BCUT2D eigenvalue weighted by molar-refractivity contribution is 6.33. The van der Waals surface area contributed by atoms with Gasteiger partial charge in [-0.3, -0.25) is 14.9 Å². The van der Waals surface area contributed by atoms with Gasteiger partial charge in [-0.25, -0.2) is 0 Å². The smallest absolute Gasteiger partial charge is 0.292 e. The van der Waals surface area contributed by atoms with E-state index in [0.29, 0.717) is 17.9 Å². The molecule has 31 heavy (non-hydrogen) atoms. The fourth-order valence-electron chi connectivity index (χ4n) is 3.78. The molecule has 0 bridgehead atoms. The first-order chi connectivity index (χ1) is 15.0. The van der Waals surface area contributed by atoms with Crippen LogP contribution in [0.5, 0.6) is 0 Å². The number of nitro benzene ring substituents is 1. The lowest BCUT2D eigenvalue weighted by Gasteiger charge is -2.30. The number of hydrogen-bond acceptors (Lipinski definition) is 8. The lowest BCUT2D eigenvalue weighted by Crippen LogP contribution is -2.40. The lowest BCUT2D eigenvalue weighted by molar-refractivity contribution is -0.384. The van der Waals surface area contributed by atoms with Gasteiger partial charge in [0, 0.05) is 44.5 Å². The van der Waals surface area contributed by atoms with Crippen LogP contribution in [-0.2, 0) is 0 Å². The summed E-state index contributed by atoms with van der Waals surface area (Å²) in [4.78, 5) is 27.3. The molecule has 0 N–H and O–H groups in total. The maximum absolute atomic E-state index is 12.8. The molecule has 10 nitrogen and oxygen atoms in total. The van der Waals surface area contributed by atoms with Crippen LogP contribution in [0.15, 0.2) is 53.6 Å². The highest BCUT2D eigenvalue weighted by Crippen LogP contribution is 2.27. The van der Waals surface area contributed by atoms with E-state index in [-0.39, 0.29) is 16.8 Å². The summed E-state index contributed by atoms with van der Waals surface area (Å²) < 4.78 is 1.13. The molecular weight excluding hydrogens is 422 g/mol. The van der Waals surface area contributed by atoms with Crippen molar-refractivity contribution >= 4 is 28.8 Å². The van der Waals surface area contributed by atoms with Gasteiger partial charge in [0.25, 0.3) is 11.2 Å². The van der Waals surface area contributed by atoms with E-state index in [2.05, 4.69) is 20.2 Å². The molecule has 1 fully saturated rings. The molecule has 2 aromatic heterocycles. The molecule has 1 unspecified atom stereocenters. The van der Waals surface area contributed by atoms with Crippen molar-refractivity contribution in [2.24, 2.45) is 0 Å². The Labute approximate surface area is 182 Å². The van der Waals surface area contributed by atoms with E-state index in [1.54, 1.807) is 6.20 Å². The van der Waals surface area contributed by atoms with Crippen LogP contribution in [0.2, 0.25) is 5.02 Å². The predicted octanol–water partition coefficient (Wildman–Crippen LogP) is 2.69. The van der Waals surface area contributed by atoms with Gasteiger partial charge in [0.2, 0.25) is 0 Å². The van der Waals surface area contributed by atoms with Gasteiger partial charge in [-0.1, -0.05) is 11.6 Å². The average Bonchev–Trinajstić information content (AvgIpc) is 3.24. The van der Waals surface area contributed by atoms with Gasteiger partial charge >= 0.3 is 0 Å². The molecule has 1 aliphatic rings. The molecule has 3 aromatic rings. The quantitative estimate of drug-likeness (QED) is 0.424. The molecule has 4 rings (SSSR count). The SMILES string of the molecule is CN(CC1CCCN1c1cccnn1)c1cnn(-c2ccc([N+](=O)[O-])cc2)c(=O)c1Cl. The van der Waals surface area contributed by atoms with Crippen molar-refractivity contribution in [1.29, 1.82) is 0 Å². The number of nitro groups is 1. The average molecular weight is 442 g/mol. The van der Waals surface area contributed by atoms with E-state index in [1.165, 1.54) is 30.5 Å². The summed E-state index contributed by atoms with van der Waals surface area (Å²) >= 11 is 6.40. The topological polar surface area (TPSA) is 110 Å². The van der Waals surface area contributed by atoms with Crippen molar-refractivity contribution in [3.63, 3.8) is 0 Å². The zero-order valence-corrected chi connectivity index (χ0v) is 17.5. The van der Waals surface area contributed by atoms with Gasteiger partial charge in [-0.15, -0.1) is 5.10 Å². The first-order valence-electron chi connectivity index (χ1n) is 9.74. The van der Waals surface area contributed by atoms with Gasteiger partial charge in [0.15, 0.2) is 5.82 Å². The first-order valence-corrected chi connectivity index (χ1v) is 10.1. The van der Waals surface area contributed by atoms with Gasteiger partial charge in [0.1, 0.15) is 5.02 Å². The van der Waals surface area contributed by atoms with E-state index >= 15 is 0 Å². The zero-order chi connectivity index (χ0) is 22.0. The third kappa shape index (κ3) is 4.19. The second kappa shape index (κ2) is 8.68. The number of nitrogens with zero attached hydrogens (tertiary/aromatic N) is 7. The van der Waals surface area contributed by atoms with Gasteiger partial charge in [0.05, 0.1) is 22.5 Å². The maximum Gasteiger partial charge on any atom is 0.292 e. The summed E-state index contributed by atoms with van der Waals surface area (Å²) in [5, 5.41) is 23.3. The zero-order valence-electron chi connectivity index (χ0n) is 16.8. The third-order valence-corrected chi connectivity index (χ3v) is 5.69. The van der Waals surface area contributed by atoms with E-state index in [9.17, 15) is 14.9 Å². The Kier molecular flexibility index (Phi) is 5.81. The van der Waals surface area contributed by atoms with Crippen molar-refractivity contribution in [2.75, 3.05) is 29.9 Å². The number of benzene rings is 1. The molecule has 1 atom stereocenters. The van der Waals surface area contributed by atoms with Gasteiger partial charge < -0.3 is 9.80 Å². The van der Waals surface area contributed by atoms with Crippen molar-refractivity contribution in [3.05, 3.63) is 74.3 Å². The molecule has 0 saturated carbocycles. The minimum atomic E-state index is -0.502. The van der Waals surface area contributed by atoms with Crippen LogP contribution in [0.4, 0.5) is 17.2 Å². The molecule has 11 heteroatoms. The Morgan fingerprint density at radius 3 is 2.74 bits per heavy atom. The van der Waals surface area contributed by atoms with Gasteiger partial charge in [-0.05, 0) is 37.1 Å². The van der Waals surface area contributed by atoms with Crippen LogP contribution >= 0.6 is 11.6 Å². The summed E-state index contributed by atoms with van der Waals surface area (Å²) in [6, 6.07) is 9.56. The highest BCUT2D eigenvalue weighted by Gasteiger charge is 2.28. The molecule has 1 saturated heterocycles.